The predicted molar refractivity (Wildman–Crippen MR) is 84.6 cm³/mol. The highest BCUT2D eigenvalue weighted by Crippen LogP contribution is 2.27. The van der Waals surface area contributed by atoms with Crippen molar-refractivity contribution in [2.24, 2.45) is 5.73 Å². The van der Waals surface area contributed by atoms with E-state index in [1.54, 1.807) is 6.07 Å². The summed E-state index contributed by atoms with van der Waals surface area (Å²) in [5.74, 6) is 0. The zero-order chi connectivity index (χ0) is 15.2. The number of nitro benzene ring substituents is 1. The minimum absolute atomic E-state index is 0.00711. The van der Waals surface area contributed by atoms with Gasteiger partial charge in [-0.15, -0.1) is 0 Å². The summed E-state index contributed by atoms with van der Waals surface area (Å²) >= 11 is 5.87. The monoisotopic (exact) mass is 305 g/mol. The third-order valence-electron chi connectivity index (χ3n) is 3.15. The highest BCUT2D eigenvalue weighted by Gasteiger charge is 2.14. The number of anilines is 1. The van der Waals surface area contributed by atoms with E-state index in [1.807, 2.05) is 30.3 Å². The smallest absolute Gasteiger partial charge is 0.292 e. The lowest BCUT2D eigenvalue weighted by Gasteiger charge is -2.13. The number of hydrogen-bond acceptors (Lipinski definition) is 4. The van der Waals surface area contributed by atoms with E-state index in [-0.39, 0.29) is 11.7 Å². The first-order valence-corrected chi connectivity index (χ1v) is 6.94. The maximum atomic E-state index is 10.9. The number of nitrogens with two attached hydrogens (primary N) is 1. The molecular weight excluding hydrogens is 290 g/mol. The summed E-state index contributed by atoms with van der Waals surface area (Å²) in [6.07, 6.45) is 0.660. The Hall–Kier alpha value is -2.11. The maximum absolute atomic E-state index is 10.9. The second kappa shape index (κ2) is 7.06. The molecular formula is C15H16ClN3O2. The van der Waals surface area contributed by atoms with Gasteiger partial charge in [0.05, 0.1) is 4.92 Å². The standard InChI is InChI=1S/C15H16ClN3O2/c16-12-6-7-15(19(20)21)14(10-12)18-9-8-13(17)11-4-2-1-3-5-11/h1-7,10,13,18H,8-9,17H2. The number of nitro groups is 1. The van der Waals surface area contributed by atoms with Crippen LogP contribution in [0.5, 0.6) is 0 Å². The first kappa shape index (κ1) is 15.3. The molecule has 0 bridgehead atoms. The fourth-order valence-electron chi connectivity index (χ4n) is 2.04. The SMILES string of the molecule is NC(CCNc1cc(Cl)ccc1[N+](=O)[O-])c1ccccc1. The van der Waals surface area contributed by atoms with Crippen molar-refractivity contribution in [1.82, 2.24) is 0 Å². The molecule has 0 amide bonds. The Morgan fingerprint density at radius 1 is 1.24 bits per heavy atom. The molecule has 2 aromatic rings. The highest BCUT2D eigenvalue weighted by molar-refractivity contribution is 6.31. The summed E-state index contributed by atoms with van der Waals surface area (Å²) < 4.78 is 0. The Bertz CT molecular complexity index is 620. The van der Waals surface area contributed by atoms with Gasteiger partial charge in [0.1, 0.15) is 5.69 Å². The molecule has 0 heterocycles. The summed E-state index contributed by atoms with van der Waals surface area (Å²) in [4.78, 5) is 10.5. The van der Waals surface area contributed by atoms with Crippen molar-refractivity contribution in [2.75, 3.05) is 11.9 Å². The van der Waals surface area contributed by atoms with E-state index < -0.39 is 4.92 Å². The van der Waals surface area contributed by atoms with E-state index in [1.165, 1.54) is 12.1 Å². The maximum Gasteiger partial charge on any atom is 0.292 e. The molecule has 0 saturated heterocycles. The minimum atomic E-state index is -0.435. The molecule has 110 valence electrons. The third-order valence-corrected chi connectivity index (χ3v) is 3.39. The molecule has 2 rings (SSSR count). The highest BCUT2D eigenvalue weighted by atomic mass is 35.5. The zero-order valence-corrected chi connectivity index (χ0v) is 12.1. The van der Waals surface area contributed by atoms with Crippen LogP contribution in [0.3, 0.4) is 0 Å². The molecule has 1 unspecified atom stereocenters. The molecule has 0 aromatic heterocycles. The average Bonchev–Trinajstić information content (AvgIpc) is 2.48. The summed E-state index contributed by atoms with van der Waals surface area (Å²) in [5.41, 5.74) is 7.55. The van der Waals surface area contributed by atoms with Crippen LogP contribution >= 0.6 is 11.6 Å². The van der Waals surface area contributed by atoms with Crippen LogP contribution in [0.15, 0.2) is 48.5 Å². The lowest BCUT2D eigenvalue weighted by Crippen LogP contribution is -2.15. The van der Waals surface area contributed by atoms with E-state index in [0.29, 0.717) is 23.7 Å². The number of rotatable bonds is 6. The Kier molecular flexibility index (Phi) is 5.14. The predicted octanol–water partition coefficient (Wildman–Crippen LogP) is 3.75. The van der Waals surface area contributed by atoms with Crippen LogP contribution < -0.4 is 11.1 Å². The van der Waals surface area contributed by atoms with Crippen LogP contribution in [0.4, 0.5) is 11.4 Å². The molecule has 21 heavy (non-hydrogen) atoms. The molecule has 5 nitrogen and oxygen atoms in total. The van der Waals surface area contributed by atoms with Crippen molar-refractivity contribution in [3.05, 3.63) is 69.2 Å². The van der Waals surface area contributed by atoms with Crippen molar-refractivity contribution < 1.29 is 4.92 Å². The van der Waals surface area contributed by atoms with Crippen molar-refractivity contribution in [3.8, 4) is 0 Å². The largest absolute Gasteiger partial charge is 0.379 e. The second-order valence-electron chi connectivity index (χ2n) is 4.65. The van der Waals surface area contributed by atoms with Crippen molar-refractivity contribution >= 4 is 23.0 Å². The second-order valence-corrected chi connectivity index (χ2v) is 5.09. The number of halogens is 1. The summed E-state index contributed by atoms with van der Waals surface area (Å²) in [6.45, 7) is 0.525. The van der Waals surface area contributed by atoms with Crippen LogP contribution in [0.25, 0.3) is 0 Å². The summed E-state index contributed by atoms with van der Waals surface area (Å²) in [6, 6.07) is 14.1. The van der Waals surface area contributed by atoms with E-state index in [0.717, 1.165) is 5.56 Å². The van der Waals surface area contributed by atoms with Crippen molar-refractivity contribution in [2.45, 2.75) is 12.5 Å². The molecule has 0 aliphatic heterocycles. The molecule has 0 spiro atoms. The molecule has 0 fully saturated rings. The van der Waals surface area contributed by atoms with Gasteiger partial charge in [-0.1, -0.05) is 41.9 Å². The molecule has 0 radical (unpaired) electrons. The lowest BCUT2D eigenvalue weighted by atomic mass is 10.1. The Morgan fingerprint density at radius 3 is 2.62 bits per heavy atom. The van der Waals surface area contributed by atoms with Gasteiger partial charge < -0.3 is 11.1 Å². The van der Waals surface area contributed by atoms with Gasteiger partial charge in [-0.05, 0) is 24.1 Å². The van der Waals surface area contributed by atoms with Gasteiger partial charge in [-0.2, -0.15) is 0 Å². The van der Waals surface area contributed by atoms with Gasteiger partial charge >= 0.3 is 0 Å². The Morgan fingerprint density at radius 2 is 1.95 bits per heavy atom. The Balaban J connectivity index is 1.97. The van der Waals surface area contributed by atoms with Gasteiger partial charge in [0.15, 0.2) is 0 Å². The molecule has 0 aliphatic carbocycles. The zero-order valence-electron chi connectivity index (χ0n) is 11.3. The van der Waals surface area contributed by atoms with Gasteiger partial charge in [-0.25, -0.2) is 0 Å². The molecule has 1 atom stereocenters. The number of hydrogen-bond donors (Lipinski definition) is 2. The van der Waals surface area contributed by atoms with Gasteiger partial charge in [-0.3, -0.25) is 10.1 Å². The van der Waals surface area contributed by atoms with Crippen LogP contribution in [-0.2, 0) is 0 Å². The molecule has 6 heteroatoms. The van der Waals surface area contributed by atoms with Crippen LogP contribution in [-0.4, -0.2) is 11.5 Å². The Labute approximate surface area is 127 Å². The first-order valence-electron chi connectivity index (χ1n) is 6.56. The van der Waals surface area contributed by atoms with Crippen LogP contribution in [0, 0.1) is 10.1 Å². The third kappa shape index (κ3) is 4.18. The fourth-order valence-corrected chi connectivity index (χ4v) is 2.21. The van der Waals surface area contributed by atoms with Crippen molar-refractivity contribution in [3.63, 3.8) is 0 Å². The minimum Gasteiger partial charge on any atom is -0.379 e. The van der Waals surface area contributed by atoms with Crippen LogP contribution in [0.2, 0.25) is 5.02 Å². The molecule has 3 N–H and O–H groups in total. The number of nitrogens with one attached hydrogen (secondary N) is 1. The van der Waals surface area contributed by atoms with Crippen LogP contribution in [0.1, 0.15) is 18.0 Å². The van der Waals surface area contributed by atoms with Crippen molar-refractivity contribution in [1.29, 1.82) is 0 Å². The average molecular weight is 306 g/mol. The first-order chi connectivity index (χ1) is 10.1. The quantitative estimate of drug-likeness (QED) is 0.629. The normalized spacial score (nSPS) is 11.9. The van der Waals surface area contributed by atoms with Gasteiger partial charge in [0.25, 0.3) is 5.69 Å². The molecule has 0 saturated carbocycles. The van der Waals surface area contributed by atoms with E-state index >= 15 is 0 Å². The van der Waals surface area contributed by atoms with E-state index in [2.05, 4.69) is 5.32 Å². The van der Waals surface area contributed by atoms with E-state index in [9.17, 15) is 10.1 Å². The molecule has 0 aliphatic rings. The topological polar surface area (TPSA) is 81.2 Å². The van der Waals surface area contributed by atoms with Gasteiger partial charge in [0.2, 0.25) is 0 Å². The molecule has 2 aromatic carbocycles. The lowest BCUT2D eigenvalue weighted by molar-refractivity contribution is -0.384. The number of benzene rings is 2. The summed E-state index contributed by atoms with van der Waals surface area (Å²) in [7, 11) is 0. The van der Waals surface area contributed by atoms with E-state index in [4.69, 9.17) is 17.3 Å². The van der Waals surface area contributed by atoms with Gasteiger partial charge in [0, 0.05) is 23.7 Å². The fraction of sp³-hybridized carbons (Fsp3) is 0.200. The number of nitrogens with zero attached hydrogens (tertiary/aromatic N) is 1. The summed E-state index contributed by atoms with van der Waals surface area (Å²) in [5, 5.41) is 14.4.